The molecule has 1 fully saturated rings. The highest BCUT2D eigenvalue weighted by atomic mass is 79.9. The SMILES string of the molecule is Nc1cccc(CNc2nc(Nc3cccc(NC(=O)CN4CCCC4)c3)ncc2Br)c1. The number of benzene rings is 2. The van der Waals surface area contributed by atoms with Crippen LogP contribution < -0.4 is 21.7 Å². The van der Waals surface area contributed by atoms with Gasteiger partial charge in [-0.1, -0.05) is 18.2 Å². The molecule has 0 saturated carbocycles. The molecule has 0 aliphatic carbocycles. The van der Waals surface area contributed by atoms with Crippen LogP contribution in [0.4, 0.5) is 28.8 Å². The van der Waals surface area contributed by atoms with Gasteiger partial charge in [-0.2, -0.15) is 4.98 Å². The molecule has 1 saturated heterocycles. The summed E-state index contributed by atoms with van der Waals surface area (Å²) < 4.78 is 0.759. The molecule has 9 heteroatoms. The molecular weight excluding hydrogens is 470 g/mol. The molecular formula is C23H26BrN7O. The van der Waals surface area contributed by atoms with Crippen molar-refractivity contribution in [1.29, 1.82) is 0 Å². The van der Waals surface area contributed by atoms with E-state index in [0.29, 0.717) is 24.9 Å². The number of aromatic nitrogens is 2. The molecule has 5 N–H and O–H groups in total. The molecule has 4 rings (SSSR count). The fourth-order valence-corrected chi connectivity index (χ4v) is 3.92. The molecule has 3 aromatic rings. The molecule has 1 aliphatic heterocycles. The van der Waals surface area contributed by atoms with Crippen molar-refractivity contribution in [2.45, 2.75) is 19.4 Å². The van der Waals surface area contributed by atoms with Gasteiger partial charge in [0.2, 0.25) is 11.9 Å². The van der Waals surface area contributed by atoms with Crippen molar-refractivity contribution in [2.75, 3.05) is 41.3 Å². The maximum atomic E-state index is 12.3. The van der Waals surface area contributed by atoms with Gasteiger partial charge in [-0.3, -0.25) is 9.69 Å². The third-order valence-corrected chi connectivity index (χ3v) is 5.70. The van der Waals surface area contributed by atoms with Gasteiger partial charge in [0.1, 0.15) is 5.82 Å². The van der Waals surface area contributed by atoms with E-state index >= 15 is 0 Å². The van der Waals surface area contributed by atoms with Gasteiger partial charge in [-0.15, -0.1) is 0 Å². The number of nitrogens with two attached hydrogens (primary N) is 1. The van der Waals surface area contributed by atoms with E-state index in [1.54, 1.807) is 6.20 Å². The predicted molar refractivity (Wildman–Crippen MR) is 132 cm³/mol. The van der Waals surface area contributed by atoms with Crippen molar-refractivity contribution in [3.8, 4) is 0 Å². The van der Waals surface area contributed by atoms with Crippen molar-refractivity contribution in [3.05, 3.63) is 64.8 Å². The van der Waals surface area contributed by atoms with E-state index in [-0.39, 0.29) is 5.91 Å². The van der Waals surface area contributed by atoms with Crippen LogP contribution in [0.15, 0.2) is 59.2 Å². The molecule has 32 heavy (non-hydrogen) atoms. The van der Waals surface area contributed by atoms with Crippen LogP contribution >= 0.6 is 15.9 Å². The van der Waals surface area contributed by atoms with Crippen molar-refractivity contribution < 1.29 is 4.79 Å². The van der Waals surface area contributed by atoms with Gasteiger partial charge >= 0.3 is 0 Å². The zero-order chi connectivity index (χ0) is 22.3. The lowest BCUT2D eigenvalue weighted by molar-refractivity contribution is -0.117. The number of nitrogens with zero attached hydrogens (tertiary/aromatic N) is 3. The topological polar surface area (TPSA) is 108 Å². The Hall–Kier alpha value is -3.17. The highest BCUT2D eigenvalue weighted by Gasteiger charge is 2.15. The maximum absolute atomic E-state index is 12.3. The Morgan fingerprint density at radius 1 is 1.09 bits per heavy atom. The number of halogens is 1. The van der Waals surface area contributed by atoms with E-state index < -0.39 is 0 Å². The number of carbonyl (C=O) groups excluding carboxylic acids is 1. The van der Waals surface area contributed by atoms with Crippen molar-refractivity contribution in [3.63, 3.8) is 0 Å². The Bertz CT molecular complexity index is 1090. The van der Waals surface area contributed by atoms with Gasteiger partial charge in [0.05, 0.1) is 11.0 Å². The summed E-state index contributed by atoms with van der Waals surface area (Å²) in [4.78, 5) is 23.4. The van der Waals surface area contributed by atoms with Crippen LogP contribution in [-0.2, 0) is 11.3 Å². The molecule has 1 amide bonds. The molecule has 8 nitrogen and oxygen atoms in total. The van der Waals surface area contributed by atoms with E-state index in [9.17, 15) is 4.79 Å². The largest absolute Gasteiger partial charge is 0.399 e. The Kier molecular flexibility index (Phi) is 7.18. The highest BCUT2D eigenvalue weighted by molar-refractivity contribution is 9.10. The van der Waals surface area contributed by atoms with Crippen LogP contribution in [0.25, 0.3) is 0 Å². The Labute approximate surface area is 195 Å². The van der Waals surface area contributed by atoms with Gasteiger partial charge < -0.3 is 21.7 Å². The number of nitrogen functional groups attached to an aromatic ring is 1. The summed E-state index contributed by atoms with van der Waals surface area (Å²) in [7, 11) is 0. The van der Waals surface area contributed by atoms with Gasteiger partial charge in [-0.25, -0.2) is 4.98 Å². The molecule has 2 aromatic carbocycles. The fraction of sp³-hybridized carbons (Fsp3) is 0.261. The quantitative estimate of drug-likeness (QED) is 0.346. The zero-order valence-electron chi connectivity index (χ0n) is 17.6. The number of hydrogen-bond donors (Lipinski definition) is 4. The lowest BCUT2D eigenvalue weighted by atomic mass is 10.2. The lowest BCUT2D eigenvalue weighted by Crippen LogP contribution is -2.30. The van der Waals surface area contributed by atoms with Gasteiger partial charge in [0, 0.05) is 29.8 Å². The Morgan fingerprint density at radius 2 is 1.88 bits per heavy atom. The smallest absolute Gasteiger partial charge is 0.238 e. The average Bonchev–Trinajstić information content (AvgIpc) is 3.27. The summed E-state index contributed by atoms with van der Waals surface area (Å²) in [5.41, 5.74) is 9.15. The van der Waals surface area contributed by atoms with E-state index in [4.69, 9.17) is 5.73 Å². The van der Waals surface area contributed by atoms with E-state index in [1.165, 1.54) is 0 Å². The number of likely N-dealkylation sites (tertiary alicyclic amines) is 1. The van der Waals surface area contributed by atoms with Crippen molar-refractivity contribution in [1.82, 2.24) is 14.9 Å². The number of anilines is 5. The third-order valence-electron chi connectivity index (χ3n) is 5.12. The van der Waals surface area contributed by atoms with E-state index in [2.05, 4.69) is 46.7 Å². The predicted octanol–water partition coefficient (Wildman–Crippen LogP) is 4.21. The highest BCUT2D eigenvalue weighted by Crippen LogP contribution is 2.24. The summed E-state index contributed by atoms with van der Waals surface area (Å²) in [6.45, 7) is 2.99. The molecule has 0 bridgehead atoms. The van der Waals surface area contributed by atoms with Gasteiger partial charge in [-0.05, 0) is 77.8 Å². The van der Waals surface area contributed by atoms with E-state index in [0.717, 1.165) is 53.0 Å². The molecule has 166 valence electrons. The monoisotopic (exact) mass is 495 g/mol. The van der Waals surface area contributed by atoms with Crippen molar-refractivity contribution in [2.24, 2.45) is 0 Å². The number of hydrogen-bond acceptors (Lipinski definition) is 7. The molecule has 1 aromatic heterocycles. The molecule has 0 radical (unpaired) electrons. The number of carbonyl (C=O) groups is 1. The first-order chi connectivity index (χ1) is 15.5. The molecule has 0 atom stereocenters. The average molecular weight is 496 g/mol. The first kappa shape index (κ1) is 22.0. The molecule has 1 aliphatic rings. The number of nitrogens with one attached hydrogen (secondary N) is 3. The second-order valence-corrected chi connectivity index (χ2v) is 8.58. The zero-order valence-corrected chi connectivity index (χ0v) is 19.2. The summed E-state index contributed by atoms with van der Waals surface area (Å²) in [6.07, 6.45) is 4.02. The normalized spacial score (nSPS) is 13.7. The van der Waals surface area contributed by atoms with Crippen LogP contribution in [-0.4, -0.2) is 40.4 Å². The first-order valence-corrected chi connectivity index (χ1v) is 11.3. The second-order valence-electron chi connectivity index (χ2n) is 7.73. The van der Waals surface area contributed by atoms with Gasteiger partial charge in [0.25, 0.3) is 0 Å². The summed E-state index contributed by atoms with van der Waals surface area (Å²) in [5.74, 6) is 1.11. The van der Waals surface area contributed by atoms with Crippen LogP contribution in [0, 0.1) is 0 Å². The minimum absolute atomic E-state index is 0.00280. The summed E-state index contributed by atoms with van der Waals surface area (Å²) >= 11 is 3.49. The van der Waals surface area contributed by atoms with Crippen LogP contribution in [0.2, 0.25) is 0 Å². The van der Waals surface area contributed by atoms with Crippen LogP contribution in [0.1, 0.15) is 18.4 Å². The summed E-state index contributed by atoms with van der Waals surface area (Å²) in [6, 6.07) is 15.2. The number of amides is 1. The molecule has 0 unspecified atom stereocenters. The summed E-state index contributed by atoms with van der Waals surface area (Å²) in [5, 5.41) is 9.47. The van der Waals surface area contributed by atoms with Crippen molar-refractivity contribution >= 4 is 50.7 Å². The van der Waals surface area contributed by atoms with Crippen LogP contribution in [0.5, 0.6) is 0 Å². The first-order valence-electron chi connectivity index (χ1n) is 10.6. The van der Waals surface area contributed by atoms with E-state index in [1.807, 2.05) is 48.5 Å². The minimum Gasteiger partial charge on any atom is -0.399 e. The fourth-order valence-electron chi connectivity index (χ4n) is 3.59. The molecule has 2 heterocycles. The lowest BCUT2D eigenvalue weighted by Gasteiger charge is -2.15. The second kappa shape index (κ2) is 10.4. The Morgan fingerprint density at radius 3 is 2.69 bits per heavy atom. The standard InChI is InChI=1S/C23H26BrN7O/c24-20-14-27-23(30-22(20)26-13-16-5-3-6-17(25)11-16)29-19-8-4-7-18(12-19)28-21(32)15-31-9-1-2-10-31/h3-8,11-12,14H,1-2,9-10,13,15,25H2,(H,28,32)(H2,26,27,29,30). The third kappa shape index (κ3) is 6.18. The van der Waals surface area contributed by atoms with Gasteiger partial charge in [0.15, 0.2) is 0 Å². The maximum Gasteiger partial charge on any atom is 0.238 e. The number of rotatable bonds is 8. The van der Waals surface area contributed by atoms with Crippen LogP contribution in [0.3, 0.4) is 0 Å². The minimum atomic E-state index is -0.00280. The molecule has 0 spiro atoms. The Balaban J connectivity index is 1.38.